The van der Waals surface area contributed by atoms with Gasteiger partial charge in [-0.15, -0.1) is 0 Å². The summed E-state index contributed by atoms with van der Waals surface area (Å²) in [6.07, 6.45) is 0. The Bertz CT molecular complexity index is 347. The van der Waals surface area contributed by atoms with Crippen LogP contribution in [0.1, 0.15) is 11.5 Å². The van der Waals surface area contributed by atoms with Gasteiger partial charge in [-0.05, 0) is 32.8 Å². The second-order valence-electron chi connectivity index (χ2n) is 5.84. The van der Waals surface area contributed by atoms with Crippen molar-refractivity contribution < 1.29 is 4.42 Å². The quantitative estimate of drug-likeness (QED) is 0.587. The smallest absolute Gasteiger partial charge is 0.118 e. The summed E-state index contributed by atoms with van der Waals surface area (Å²) < 4.78 is 5.77. The molecule has 1 heterocycles. The van der Waals surface area contributed by atoms with Gasteiger partial charge in [-0.25, -0.2) is 0 Å². The summed E-state index contributed by atoms with van der Waals surface area (Å²) in [6, 6.07) is 4.17. The fraction of sp³-hybridized carbons (Fsp3) is 0.692. The maximum atomic E-state index is 5.77. The highest BCUT2D eigenvalue weighted by Gasteiger charge is 2.10. The fourth-order valence-electron chi connectivity index (χ4n) is 1.57. The van der Waals surface area contributed by atoms with Crippen molar-refractivity contribution in [2.24, 2.45) is 0 Å². The zero-order chi connectivity index (χ0) is 13.6. The predicted octanol–water partition coefficient (Wildman–Crippen LogP) is 3.00. The van der Waals surface area contributed by atoms with Crippen LogP contribution in [0.3, 0.4) is 0 Å². The summed E-state index contributed by atoms with van der Waals surface area (Å²) >= 11 is 1.93. The molecule has 0 bridgehead atoms. The van der Waals surface area contributed by atoms with Crippen LogP contribution in [0.15, 0.2) is 16.5 Å². The number of nitrogens with zero attached hydrogens (tertiary/aromatic N) is 1. The molecule has 1 aromatic rings. The van der Waals surface area contributed by atoms with Gasteiger partial charge in [-0.3, -0.25) is 0 Å². The first kappa shape index (κ1) is 15.8. The zero-order valence-electron chi connectivity index (χ0n) is 12.2. The molecule has 0 aliphatic heterocycles. The molecule has 1 N–H and O–H groups in total. The Morgan fingerprint density at radius 2 is 1.89 bits per heavy atom. The lowest BCUT2D eigenvalue weighted by atomic mass is 10.4. The molecule has 1 aromatic heterocycles. The molecule has 0 aromatic carbocycles. The van der Waals surface area contributed by atoms with Gasteiger partial charge in [0.2, 0.25) is 0 Å². The van der Waals surface area contributed by atoms with Gasteiger partial charge in [0.1, 0.15) is 19.8 Å². The molecular weight excluding hydrogens is 260 g/mol. The minimum Gasteiger partial charge on any atom is -0.464 e. The van der Waals surface area contributed by atoms with Gasteiger partial charge < -0.3 is 14.3 Å². The number of nitrogens with one attached hydrogen (secondary N) is 1. The second-order valence-corrected chi connectivity index (χ2v) is 11.8. The van der Waals surface area contributed by atoms with Crippen LogP contribution in [-0.2, 0) is 12.3 Å². The van der Waals surface area contributed by atoms with Gasteiger partial charge in [-0.2, -0.15) is 11.8 Å². The van der Waals surface area contributed by atoms with Crippen molar-refractivity contribution in [1.29, 1.82) is 0 Å². The van der Waals surface area contributed by atoms with E-state index in [1.165, 1.54) is 0 Å². The molecule has 0 radical (unpaired) electrons. The van der Waals surface area contributed by atoms with Crippen molar-refractivity contribution in [1.82, 2.24) is 9.88 Å². The van der Waals surface area contributed by atoms with E-state index < -0.39 is 8.24 Å². The number of rotatable bonds is 8. The van der Waals surface area contributed by atoms with Gasteiger partial charge >= 0.3 is 0 Å². The lowest BCUT2D eigenvalue weighted by Crippen LogP contribution is -2.42. The first-order valence-corrected chi connectivity index (χ1v) is 11.1. The van der Waals surface area contributed by atoms with E-state index in [-0.39, 0.29) is 0 Å². The molecule has 0 fully saturated rings. The lowest BCUT2D eigenvalue weighted by Gasteiger charge is -2.17. The molecule has 3 nitrogen and oxygen atoms in total. The van der Waals surface area contributed by atoms with E-state index in [1.54, 1.807) is 0 Å². The first-order chi connectivity index (χ1) is 8.37. The maximum absolute atomic E-state index is 5.77. The van der Waals surface area contributed by atoms with E-state index in [0.29, 0.717) is 0 Å². The average Bonchev–Trinajstić information content (AvgIpc) is 2.62. The van der Waals surface area contributed by atoms with Gasteiger partial charge in [0.25, 0.3) is 0 Å². The molecule has 104 valence electrons. The molecule has 0 unspecified atom stereocenters. The zero-order valence-corrected chi connectivity index (χ0v) is 14.1. The number of thioether (sulfide) groups is 1. The molecule has 0 aliphatic rings. The number of hydrogen-bond donors (Lipinski definition) is 1. The Balaban J connectivity index is 2.17. The Morgan fingerprint density at radius 3 is 2.50 bits per heavy atom. The van der Waals surface area contributed by atoms with E-state index in [2.05, 4.69) is 55.8 Å². The molecule has 0 saturated carbocycles. The first-order valence-electron chi connectivity index (χ1n) is 6.42. The minimum absolute atomic E-state index is 0.877. The van der Waals surface area contributed by atoms with Gasteiger partial charge in [0, 0.05) is 5.75 Å². The summed E-state index contributed by atoms with van der Waals surface area (Å²) in [6.45, 7) is 8.97. The van der Waals surface area contributed by atoms with Crippen molar-refractivity contribution in [2.75, 3.05) is 26.4 Å². The summed E-state index contributed by atoms with van der Waals surface area (Å²) in [7, 11) is 3.02. The Morgan fingerprint density at radius 1 is 1.22 bits per heavy atom. The van der Waals surface area contributed by atoms with Crippen LogP contribution >= 0.6 is 11.8 Å². The van der Waals surface area contributed by atoms with Gasteiger partial charge in [0.15, 0.2) is 0 Å². The largest absolute Gasteiger partial charge is 0.464 e. The highest BCUT2D eigenvalue weighted by atomic mass is 32.2. The monoisotopic (exact) mass is 286 g/mol. The van der Waals surface area contributed by atoms with E-state index in [4.69, 9.17) is 4.42 Å². The standard InChI is InChI=1S/C13H26N2OSSi/c1-15(2)10-12-6-7-13(16-12)11-17-9-8-14-18(3,4)5/h6-7,14H,8-11H2,1-5H3. The molecule has 18 heavy (non-hydrogen) atoms. The SMILES string of the molecule is CN(C)Cc1ccc(CSCCN[Si](C)(C)C)o1. The van der Waals surface area contributed by atoms with E-state index in [9.17, 15) is 0 Å². The second kappa shape index (κ2) is 7.38. The molecule has 0 aliphatic carbocycles. The molecule has 0 atom stereocenters. The van der Waals surface area contributed by atoms with Crippen LogP contribution in [-0.4, -0.2) is 39.5 Å². The third kappa shape index (κ3) is 7.26. The molecule has 0 spiro atoms. The molecular formula is C13H26N2OSSi. The summed E-state index contributed by atoms with van der Waals surface area (Å²) in [5.41, 5.74) is 0. The summed E-state index contributed by atoms with van der Waals surface area (Å²) in [4.78, 5) is 5.74. The van der Waals surface area contributed by atoms with Crippen LogP contribution in [0.5, 0.6) is 0 Å². The van der Waals surface area contributed by atoms with Crippen LogP contribution in [0.4, 0.5) is 0 Å². The van der Waals surface area contributed by atoms with Crippen LogP contribution in [0.25, 0.3) is 0 Å². The van der Waals surface area contributed by atoms with Crippen LogP contribution in [0.2, 0.25) is 19.6 Å². The van der Waals surface area contributed by atoms with E-state index in [0.717, 1.165) is 36.1 Å². The average molecular weight is 287 g/mol. The fourth-order valence-corrected chi connectivity index (χ4v) is 3.37. The minimum atomic E-state index is -1.09. The van der Waals surface area contributed by atoms with Crippen LogP contribution in [0, 0.1) is 0 Å². The Kier molecular flexibility index (Phi) is 6.49. The van der Waals surface area contributed by atoms with Crippen LogP contribution < -0.4 is 4.98 Å². The van der Waals surface area contributed by atoms with Crippen molar-refractivity contribution in [3.05, 3.63) is 23.7 Å². The number of hydrogen-bond acceptors (Lipinski definition) is 4. The van der Waals surface area contributed by atoms with Crippen molar-refractivity contribution in [3.63, 3.8) is 0 Å². The maximum Gasteiger partial charge on any atom is 0.118 e. The number of furan rings is 1. The van der Waals surface area contributed by atoms with Crippen molar-refractivity contribution >= 4 is 20.0 Å². The van der Waals surface area contributed by atoms with Crippen molar-refractivity contribution in [2.45, 2.75) is 31.9 Å². The highest BCUT2D eigenvalue weighted by molar-refractivity contribution is 7.98. The molecule has 0 saturated heterocycles. The van der Waals surface area contributed by atoms with Gasteiger partial charge in [0.05, 0.1) is 12.3 Å². The van der Waals surface area contributed by atoms with E-state index in [1.807, 2.05) is 11.8 Å². The third-order valence-corrected chi connectivity index (χ3v) is 4.63. The molecule has 0 amide bonds. The van der Waals surface area contributed by atoms with Crippen molar-refractivity contribution in [3.8, 4) is 0 Å². The third-order valence-electron chi connectivity index (χ3n) is 2.34. The Hall–Kier alpha value is -0.233. The molecule has 5 heteroatoms. The topological polar surface area (TPSA) is 28.4 Å². The van der Waals surface area contributed by atoms with E-state index >= 15 is 0 Å². The lowest BCUT2D eigenvalue weighted by molar-refractivity contribution is 0.344. The van der Waals surface area contributed by atoms with Gasteiger partial charge in [-0.1, -0.05) is 19.6 Å². The summed E-state index contributed by atoms with van der Waals surface area (Å²) in [5, 5.41) is 0. The predicted molar refractivity (Wildman–Crippen MR) is 83.6 cm³/mol. The normalized spacial score (nSPS) is 12.3. The highest BCUT2D eigenvalue weighted by Crippen LogP contribution is 2.16. The molecule has 1 rings (SSSR count). The Labute approximate surface area is 116 Å². The summed E-state index contributed by atoms with van der Waals surface area (Å²) in [5.74, 6) is 4.26.